The van der Waals surface area contributed by atoms with Crippen LogP contribution in [0.25, 0.3) is 11.2 Å². The highest BCUT2D eigenvalue weighted by Gasteiger charge is 2.42. The van der Waals surface area contributed by atoms with E-state index in [4.69, 9.17) is 31.1 Å². The molecule has 24 N–H and O–H groups in total. The van der Waals surface area contributed by atoms with Crippen molar-refractivity contribution in [2.24, 2.45) is 29.4 Å². The van der Waals surface area contributed by atoms with Crippen molar-refractivity contribution in [3.8, 4) is 5.75 Å². The number of aromatic hydroxyl groups is 1. The first-order chi connectivity index (χ1) is 65.7. The van der Waals surface area contributed by atoms with Gasteiger partial charge < -0.3 is 114 Å². The number of hydrogen-bond acceptors (Lipinski definition) is 34. The number of benzene rings is 2. The Bertz CT molecular complexity index is 5230. The molecule has 0 spiro atoms. The number of esters is 2. The van der Waals surface area contributed by atoms with E-state index in [1.807, 2.05) is 58.8 Å². The number of nitrogens with one attached hydrogen (secondary N) is 14. The molecule has 2 aromatic carbocycles. The number of hydrogen-bond donors (Lipinski definition) is 22. The number of carboxylic acids is 5. The number of piperidine rings is 1. The molecule has 13 atom stereocenters. The molecule has 0 aliphatic carbocycles. The number of aromatic amines is 1. The molecule has 1 saturated heterocycles. The van der Waals surface area contributed by atoms with Gasteiger partial charge in [0.25, 0.3) is 17.4 Å². The third kappa shape index (κ3) is 39.1. The topological polar surface area (TPSA) is 767 Å². The number of aliphatic carboxylic acids is 5. The van der Waals surface area contributed by atoms with E-state index >= 15 is 4.79 Å². The molecule has 1 fully saturated rings. The lowest BCUT2D eigenvalue weighted by Gasteiger charge is -2.39. The number of phenolic OH excluding ortho intramolecular Hbond substituents is 1. The second-order valence-electron chi connectivity index (χ2n) is 33.5. The van der Waals surface area contributed by atoms with Gasteiger partial charge in [-0.2, -0.15) is 4.98 Å². The van der Waals surface area contributed by atoms with Crippen molar-refractivity contribution in [1.82, 2.24) is 93.4 Å². The maximum Gasteiger partial charge on any atom is 0.426 e. The third-order valence-electron chi connectivity index (χ3n) is 21.5. The van der Waals surface area contributed by atoms with Gasteiger partial charge in [-0.05, 0) is 118 Å². The average Bonchev–Trinajstić information content (AvgIpc) is 1.16. The van der Waals surface area contributed by atoms with Crippen LogP contribution in [0, 0.1) is 29.1 Å². The smallest absolute Gasteiger partial charge is 0.426 e. The number of likely N-dealkylation sites (N-methyl/N-ethyl adjacent to an activating group) is 1. The number of nitrogens with zero attached hydrogens (tertiary/aromatic N) is 6. The third-order valence-corrected chi connectivity index (χ3v) is 24.9. The van der Waals surface area contributed by atoms with Crippen molar-refractivity contribution in [1.29, 1.82) is 5.41 Å². The van der Waals surface area contributed by atoms with Gasteiger partial charge >= 0.3 is 47.9 Å². The number of rotatable bonds is 57. The highest BCUT2D eigenvalue weighted by molar-refractivity contribution is 8.76. The summed E-state index contributed by atoms with van der Waals surface area (Å²) in [5, 5.41) is 92.9. The number of carbonyl (C=O) groups is 18. The Morgan fingerprint density at radius 1 is 0.683 bits per heavy atom. The van der Waals surface area contributed by atoms with Crippen LogP contribution in [0.5, 0.6) is 5.75 Å². The Hall–Kier alpha value is -14.1. The van der Waals surface area contributed by atoms with Crippen LogP contribution in [-0.4, -0.2) is 284 Å². The van der Waals surface area contributed by atoms with E-state index in [0.29, 0.717) is 36.3 Å². The first-order valence-electron chi connectivity index (χ1n) is 44.2. The van der Waals surface area contributed by atoms with Crippen LogP contribution in [0.2, 0.25) is 0 Å². The number of anilines is 2. The maximum atomic E-state index is 15.1. The van der Waals surface area contributed by atoms with Crippen LogP contribution >= 0.6 is 32.9 Å². The van der Waals surface area contributed by atoms with Crippen molar-refractivity contribution in [2.45, 2.75) is 225 Å². The van der Waals surface area contributed by atoms with Crippen LogP contribution in [0.15, 0.2) is 64.9 Å². The Morgan fingerprint density at radius 2 is 1.29 bits per heavy atom. The number of H-pyrrole nitrogens is 1. The molecule has 6 rings (SSSR count). The molecule has 1 aliphatic rings. The predicted octanol–water partition coefficient (Wildman–Crippen LogP) is 0.844. The molecule has 0 saturated carbocycles. The summed E-state index contributed by atoms with van der Waals surface area (Å²) in [5.74, 6) is -23.1. The molecular weight excluding hydrogens is 1890 g/mol. The normalized spacial score (nSPS) is 15.0. The lowest BCUT2D eigenvalue weighted by atomic mass is 9.92. The number of carboxylic acid groups (broad SMARTS) is 5. The van der Waals surface area contributed by atoms with E-state index in [2.05, 4.69) is 83.6 Å². The van der Waals surface area contributed by atoms with E-state index in [-0.39, 0.29) is 114 Å². The highest BCUT2D eigenvalue weighted by Crippen LogP contribution is 2.33. The number of aromatic nitrogens is 5. The van der Waals surface area contributed by atoms with Crippen molar-refractivity contribution in [2.75, 3.05) is 56.0 Å². The second-order valence-corrected chi connectivity index (χ2v) is 37.0. The number of nitrogens with two attached hydrogens (primary N) is 2. The van der Waals surface area contributed by atoms with E-state index in [1.54, 1.807) is 12.1 Å². The monoisotopic (exact) mass is 2000 g/mol. The van der Waals surface area contributed by atoms with E-state index in [0.717, 1.165) is 45.8 Å². The molecule has 760 valence electrons. The largest absolute Gasteiger partial charge is 0.508 e. The molecule has 50 nitrogen and oxygen atoms in total. The fraction of sp³-hybridized carbons (Fsp3) is 0.535. The highest BCUT2D eigenvalue weighted by atomic mass is 33.1. The Balaban J connectivity index is 1.02. The minimum atomic E-state index is -2.23. The number of carbonyl (C=O) groups excluding carboxylic acids is 13. The summed E-state index contributed by atoms with van der Waals surface area (Å²) in [5.41, 5.74) is 15.9. The van der Waals surface area contributed by atoms with Gasteiger partial charge in [0.2, 0.25) is 53.2 Å². The van der Waals surface area contributed by atoms with Gasteiger partial charge in [-0.3, -0.25) is 97.4 Å². The minimum Gasteiger partial charge on any atom is -0.508 e. The molecule has 0 bridgehead atoms. The van der Waals surface area contributed by atoms with Crippen LogP contribution in [-0.2, 0) is 99.1 Å². The van der Waals surface area contributed by atoms with Crippen LogP contribution in [0.3, 0.4) is 0 Å². The quantitative estimate of drug-likeness (QED) is 0.00375. The summed E-state index contributed by atoms with van der Waals surface area (Å²) in [4.78, 5) is 274. The number of likely N-dealkylation sites (tertiary alicyclic amines) is 1. The first-order valence-corrected chi connectivity index (χ1v) is 47.6. The maximum absolute atomic E-state index is 15.1. The van der Waals surface area contributed by atoms with Gasteiger partial charge in [0, 0.05) is 78.9 Å². The SMILES string of the molecule is CC[C@H](C)[C@H](NC(=O)[C@H]1CCCCN1C)C(=O)N(COC(=O)CC(C)C)[C@H](C[C@@H](OC(C)=O)c1nc(C(=O)N[C@@H](Cc2ccc(O)cc2)C[C@H](C)C(=O)NNC(=O)OCCSSC[C@H](NC(=O)[C@H](CC(=O)O)NC(=O)[C@H](CC(=O)O)NC(=O)[C@H](CCCNC(=N)N)NC(=O)[C@H](CC(=O)O)NC(=O)CC[C@H](NC(=O)c2ccc(NCc3cnc4nc(N)[nH]c(=O)c4n3)cc2)C(=O)O)C(=O)O)cs1)C(C)C. The number of fused-ring (bicyclic) bond motifs is 1. The lowest BCUT2D eigenvalue weighted by molar-refractivity contribution is -0.161. The fourth-order valence-electron chi connectivity index (χ4n) is 14.1. The second kappa shape index (κ2) is 56.5. The lowest BCUT2D eigenvalue weighted by Crippen LogP contribution is -2.59. The Morgan fingerprint density at radius 3 is 1.88 bits per heavy atom. The molecule has 5 aromatic rings. The van der Waals surface area contributed by atoms with Crippen molar-refractivity contribution in [3.63, 3.8) is 0 Å². The van der Waals surface area contributed by atoms with Gasteiger partial charge in [0.1, 0.15) is 65.4 Å². The van der Waals surface area contributed by atoms with Gasteiger partial charge in [-0.25, -0.2) is 34.8 Å². The zero-order valence-electron chi connectivity index (χ0n) is 77.7. The van der Waals surface area contributed by atoms with Gasteiger partial charge in [-0.1, -0.05) is 95.0 Å². The number of hydrazine groups is 1. The zero-order valence-corrected chi connectivity index (χ0v) is 80.2. The van der Waals surface area contributed by atoms with Gasteiger partial charge in [0.05, 0.1) is 43.7 Å². The fourth-order valence-corrected chi connectivity index (χ4v) is 16.9. The number of thiazole rings is 1. The number of amides is 11. The molecule has 0 unspecified atom stereocenters. The molecular formula is C86H120N22O28S3. The molecule has 53 heteroatoms. The predicted molar refractivity (Wildman–Crippen MR) is 501 cm³/mol. The first kappa shape index (κ1) is 114. The van der Waals surface area contributed by atoms with Crippen LogP contribution in [0.4, 0.5) is 16.4 Å². The van der Waals surface area contributed by atoms with E-state index in [9.17, 15) is 117 Å². The minimum absolute atomic E-state index is 0.0182. The summed E-state index contributed by atoms with van der Waals surface area (Å²) in [6, 6.07) is -3.53. The van der Waals surface area contributed by atoms with Crippen molar-refractivity contribution in [3.05, 3.63) is 98.0 Å². The van der Waals surface area contributed by atoms with E-state index in [1.165, 1.54) is 66.7 Å². The van der Waals surface area contributed by atoms with Crippen LogP contribution < -0.4 is 81.0 Å². The van der Waals surface area contributed by atoms with Crippen molar-refractivity contribution < 1.29 is 131 Å². The molecule has 1 aliphatic heterocycles. The number of ether oxygens (including phenoxy) is 3. The molecule has 3 aromatic heterocycles. The summed E-state index contributed by atoms with van der Waals surface area (Å²) in [6.45, 7) is 13.4. The molecule has 139 heavy (non-hydrogen) atoms. The van der Waals surface area contributed by atoms with Gasteiger partial charge in [-0.15, -0.1) is 11.3 Å². The Labute approximate surface area is 808 Å². The number of guanidine groups is 1. The average molecular weight is 2010 g/mol. The molecule has 11 amide bonds. The summed E-state index contributed by atoms with van der Waals surface area (Å²) < 4.78 is 16.8. The summed E-state index contributed by atoms with van der Waals surface area (Å²) in [7, 11) is 3.56. The van der Waals surface area contributed by atoms with E-state index < -0.39 is 242 Å². The Kier molecular flexibility index (Phi) is 46.2. The summed E-state index contributed by atoms with van der Waals surface area (Å²) in [6.07, 6.45) is -3.99. The number of phenols is 1. The molecule has 0 radical (unpaired) electrons. The summed E-state index contributed by atoms with van der Waals surface area (Å²) >= 11 is 0.984. The standard InChI is InChI=1S/C86H120N22O28S3/c1-10-44(6)68(102-78(126)60-15-11-12-27-107(60)9)81(128)108(41-135-67(118)30-42(2)3)61(43(4)5)36-62(136-46(8)109)80-101-58(39-137-80)77(125)94-50(32-47-16-22-52(110)23-17-47)31-45(7)71(119)105-106-86(133)134-28-29-138-139-40-59(83(131)132)100-76(124)57(35-66(116)117)99-75(123)56(34-65(114)115)98-73(121)53(14-13-26-90-84(87)88)96-74(122)55(33-64(112)113)95-63(111)25-24-54(82(129)130)97-72(120)48-18-20-49(21-19-48)91-37-51-38-92-70-69(93-51)79(127)104-85(89)103-70/h16-23,38-39,42-45,50,53-57,59-62,68,91,110H,10-15,24-37,40-41H2,1-9H3,(H,94,125)(H,95,111)(H,96,122)(H,97,120)(H,98,121)(H,99,123)(H,100,124)(H,102,126)(H,105,119)(H,106,133)(H,112,113)(H,114,115)(H,116,117)(H,129,130)(H,131,132)(H4,87,88,90)(H3,89,92,103,104,127)/t44-,45-,50+,53-,54-,55-,56-,57-,59-,60+,61+,62+,68-/m0/s1. The molecule has 4 heterocycles. The zero-order chi connectivity index (χ0) is 103. The number of nitrogen functional groups attached to an aromatic ring is 1. The van der Waals surface area contributed by atoms with Crippen molar-refractivity contribution >= 4 is 169 Å². The van der Waals surface area contributed by atoms with Gasteiger partial charge in [0.15, 0.2) is 30.0 Å². The van der Waals surface area contributed by atoms with Crippen LogP contribution in [0.1, 0.15) is 188 Å².